The SMILES string of the molecule is O=C(O)CC1Oc2ccccc2-n2cc(-c3ccc(F)cc3)nc21. The van der Waals surface area contributed by atoms with Gasteiger partial charge in [0.1, 0.15) is 11.6 Å². The van der Waals surface area contributed by atoms with E-state index in [4.69, 9.17) is 9.84 Å². The molecular formula is C18H13FN2O3. The van der Waals surface area contributed by atoms with E-state index in [9.17, 15) is 9.18 Å². The number of halogens is 1. The van der Waals surface area contributed by atoms with Gasteiger partial charge in [0.2, 0.25) is 0 Å². The van der Waals surface area contributed by atoms with Crippen LogP contribution in [0.15, 0.2) is 54.7 Å². The Kier molecular flexibility index (Phi) is 3.30. The Balaban J connectivity index is 1.84. The summed E-state index contributed by atoms with van der Waals surface area (Å²) in [6.45, 7) is 0. The maximum atomic E-state index is 13.1. The summed E-state index contributed by atoms with van der Waals surface area (Å²) in [5, 5.41) is 9.13. The van der Waals surface area contributed by atoms with Gasteiger partial charge in [-0.25, -0.2) is 9.37 Å². The van der Waals surface area contributed by atoms with E-state index in [0.29, 0.717) is 17.3 Å². The van der Waals surface area contributed by atoms with Crippen molar-refractivity contribution >= 4 is 5.97 Å². The fourth-order valence-electron chi connectivity index (χ4n) is 2.83. The van der Waals surface area contributed by atoms with Crippen LogP contribution in [-0.2, 0) is 4.79 Å². The van der Waals surface area contributed by atoms with Crippen molar-refractivity contribution in [1.82, 2.24) is 9.55 Å². The van der Waals surface area contributed by atoms with Gasteiger partial charge in [-0.2, -0.15) is 0 Å². The Hall–Kier alpha value is -3.15. The molecule has 0 saturated heterocycles. The molecule has 2 heterocycles. The minimum Gasteiger partial charge on any atom is -0.481 e. The molecule has 1 N–H and O–H groups in total. The summed E-state index contributed by atoms with van der Waals surface area (Å²) in [7, 11) is 0. The number of carbonyl (C=O) groups is 1. The standard InChI is InChI=1S/C18H13FN2O3/c19-12-7-5-11(6-8-12)13-10-21-14-3-1-2-4-15(14)24-16(9-17(22)23)18(21)20-13/h1-8,10,16H,9H2,(H,22,23). The third-order valence-electron chi connectivity index (χ3n) is 3.92. The molecule has 0 fully saturated rings. The lowest BCUT2D eigenvalue weighted by Crippen LogP contribution is -2.21. The van der Waals surface area contributed by atoms with Gasteiger partial charge in [0.05, 0.1) is 17.8 Å². The number of hydrogen-bond donors (Lipinski definition) is 1. The molecule has 0 saturated carbocycles. The number of aliphatic carboxylic acids is 1. The van der Waals surface area contributed by atoms with Crippen LogP contribution in [0.2, 0.25) is 0 Å². The van der Waals surface area contributed by atoms with E-state index in [2.05, 4.69) is 4.98 Å². The smallest absolute Gasteiger partial charge is 0.307 e. The molecule has 120 valence electrons. The molecule has 1 atom stereocenters. The number of aromatic nitrogens is 2. The first-order valence-corrected chi connectivity index (χ1v) is 7.45. The quantitative estimate of drug-likeness (QED) is 0.800. The van der Waals surface area contributed by atoms with Crippen molar-refractivity contribution in [3.63, 3.8) is 0 Å². The zero-order valence-corrected chi connectivity index (χ0v) is 12.5. The Morgan fingerprint density at radius 1 is 1.21 bits per heavy atom. The monoisotopic (exact) mass is 324 g/mol. The fourth-order valence-corrected chi connectivity index (χ4v) is 2.83. The van der Waals surface area contributed by atoms with Crippen molar-refractivity contribution in [1.29, 1.82) is 0 Å². The van der Waals surface area contributed by atoms with Crippen molar-refractivity contribution in [2.45, 2.75) is 12.5 Å². The maximum Gasteiger partial charge on any atom is 0.307 e. The van der Waals surface area contributed by atoms with Crippen molar-refractivity contribution in [3.05, 3.63) is 66.4 Å². The van der Waals surface area contributed by atoms with E-state index >= 15 is 0 Å². The molecule has 6 heteroatoms. The number of fused-ring (bicyclic) bond motifs is 3. The van der Waals surface area contributed by atoms with Crippen molar-refractivity contribution < 1.29 is 19.0 Å². The van der Waals surface area contributed by atoms with Gasteiger partial charge in [0.15, 0.2) is 11.9 Å². The summed E-state index contributed by atoms with van der Waals surface area (Å²) in [5.41, 5.74) is 2.19. The van der Waals surface area contributed by atoms with E-state index in [0.717, 1.165) is 11.3 Å². The lowest BCUT2D eigenvalue weighted by Gasteiger charge is -2.25. The zero-order valence-electron chi connectivity index (χ0n) is 12.5. The molecule has 1 unspecified atom stereocenters. The molecule has 0 aliphatic carbocycles. The van der Waals surface area contributed by atoms with Gasteiger partial charge in [-0.15, -0.1) is 0 Å². The normalized spacial score (nSPS) is 15.3. The average molecular weight is 324 g/mol. The summed E-state index contributed by atoms with van der Waals surface area (Å²) in [5.74, 6) is -0.146. The predicted octanol–water partition coefficient (Wildman–Crippen LogP) is 3.59. The number of nitrogens with zero attached hydrogens (tertiary/aromatic N) is 2. The lowest BCUT2D eigenvalue weighted by atomic mass is 10.2. The average Bonchev–Trinajstić information content (AvgIpc) is 3.01. The van der Waals surface area contributed by atoms with Crippen LogP contribution in [0.1, 0.15) is 18.3 Å². The summed E-state index contributed by atoms with van der Waals surface area (Å²) < 4.78 is 20.8. The molecule has 2 aromatic carbocycles. The van der Waals surface area contributed by atoms with Crippen LogP contribution in [0, 0.1) is 5.82 Å². The lowest BCUT2D eigenvalue weighted by molar-refractivity contribution is -0.139. The highest BCUT2D eigenvalue weighted by molar-refractivity contribution is 5.68. The maximum absolute atomic E-state index is 13.1. The minimum absolute atomic E-state index is 0.186. The highest BCUT2D eigenvalue weighted by Gasteiger charge is 2.30. The second-order valence-corrected chi connectivity index (χ2v) is 5.53. The second kappa shape index (κ2) is 5.49. The van der Waals surface area contributed by atoms with Crippen LogP contribution in [0.25, 0.3) is 16.9 Å². The van der Waals surface area contributed by atoms with Crippen LogP contribution in [0.5, 0.6) is 5.75 Å². The molecule has 5 nitrogen and oxygen atoms in total. The number of imidazole rings is 1. The van der Waals surface area contributed by atoms with E-state index in [1.165, 1.54) is 12.1 Å². The number of para-hydroxylation sites is 2. The Morgan fingerprint density at radius 3 is 2.71 bits per heavy atom. The molecule has 0 spiro atoms. The minimum atomic E-state index is -0.961. The Labute approximate surface area is 137 Å². The first-order valence-electron chi connectivity index (χ1n) is 7.45. The summed E-state index contributed by atoms with van der Waals surface area (Å²) in [6.07, 6.45) is 0.957. The third kappa shape index (κ3) is 2.42. The van der Waals surface area contributed by atoms with E-state index in [1.807, 2.05) is 29.0 Å². The highest BCUT2D eigenvalue weighted by Crippen LogP contribution is 2.38. The van der Waals surface area contributed by atoms with Crippen LogP contribution >= 0.6 is 0 Å². The van der Waals surface area contributed by atoms with Crippen molar-refractivity contribution in [3.8, 4) is 22.7 Å². The summed E-state index contributed by atoms with van der Waals surface area (Å²) in [4.78, 5) is 15.7. The van der Waals surface area contributed by atoms with Crippen LogP contribution in [-0.4, -0.2) is 20.6 Å². The molecular weight excluding hydrogens is 311 g/mol. The molecule has 0 radical (unpaired) electrons. The van der Waals surface area contributed by atoms with Gasteiger partial charge in [-0.3, -0.25) is 9.36 Å². The zero-order chi connectivity index (χ0) is 16.7. The molecule has 0 bridgehead atoms. The van der Waals surface area contributed by atoms with Crippen LogP contribution < -0.4 is 4.74 Å². The molecule has 1 aromatic heterocycles. The second-order valence-electron chi connectivity index (χ2n) is 5.53. The van der Waals surface area contributed by atoms with Gasteiger partial charge in [0.25, 0.3) is 0 Å². The predicted molar refractivity (Wildman–Crippen MR) is 84.6 cm³/mol. The van der Waals surface area contributed by atoms with Gasteiger partial charge in [-0.05, 0) is 36.4 Å². The van der Waals surface area contributed by atoms with Crippen molar-refractivity contribution in [2.75, 3.05) is 0 Å². The topological polar surface area (TPSA) is 64.3 Å². The van der Waals surface area contributed by atoms with Gasteiger partial charge >= 0.3 is 5.97 Å². The Bertz CT molecular complexity index is 918. The number of carboxylic acids is 1. The van der Waals surface area contributed by atoms with Crippen molar-refractivity contribution in [2.24, 2.45) is 0 Å². The number of hydrogen-bond acceptors (Lipinski definition) is 3. The number of benzene rings is 2. The molecule has 1 aliphatic heterocycles. The fraction of sp³-hybridized carbons (Fsp3) is 0.111. The van der Waals surface area contributed by atoms with E-state index < -0.39 is 12.1 Å². The number of carboxylic acid groups (broad SMARTS) is 1. The largest absolute Gasteiger partial charge is 0.481 e. The van der Waals surface area contributed by atoms with Gasteiger partial charge in [-0.1, -0.05) is 12.1 Å². The summed E-state index contributed by atoms with van der Waals surface area (Å²) in [6, 6.07) is 13.4. The molecule has 24 heavy (non-hydrogen) atoms. The highest BCUT2D eigenvalue weighted by atomic mass is 19.1. The number of ether oxygens (including phenoxy) is 1. The molecule has 3 aromatic rings. The molecule has 4 rings (SSSR count). The summed E-state index contributed by atoms with van der Waals surface area (Å²) >= 11 is 0. The van der Waals surface area contributed by atoms with Gasteiger partial charge in [0, 0.05) is 11.8 Å². The first kappa shape index (κ1) is 14.4. The Morgan fingerprint density at radius 2 is 1.96 bits per heavy atom. The van der Waals surface area contributed by atoms with E-state index in [-0.39, 0.29) is 12.2 Å². The molecule has 1 aliphatic rings. The molecule has 0 amide bonds. The van der Waals surface area contributed by atoms with Crippen LogP contribution in [0.3, 0.4) is 0 Å². The first-order chi connectivity index (χ1) is 11.6. The van der Waals surface area contributed by atoms with Gasteiger partial charge < -0.3 is 9.84 Å². The third-order valence-corrected chi connectivity index (χ3v) is 3.92. The number of rotatable bonds is 3. The van der Waals surface area contributed by atoms with Crippen LogP contribution in [0.4, 0.5) is 4.39 Å². The van der Waals surface area contributed by atoms with E-state index in [1.54, 1.807) is 18.2 Å².